The second-order valence-electron chi connectivity index (χ2n) is 5.43. The lowest BCUT2D eigenvalue weighted by atomic mass is 10.1. The van der Waals surface area contributed by atoms with Crippen LogP contribution < -0.4 is 10.1 Å². The molecule has 0 amide bonds. The molecule has 1 N–H and O–H groups in total. The summed E-state index contributed by atoms with van der Waals surface area (Å²) in [4.78, 5) is 0. The van der Waals surface area contributed by atoms with E-state index >= 15 is 0 Å². The van der Waals surface area contributed by atoms with Crippen LogP contribution in [0.1, 0.15) is 37.9 Å². The van der Waals surface area contributed by atoms with Crippen molar-refractivity contribution in [2.24, 2.45) is 0 Å². The minimum absolute atomic E-state index is 0.189. The predicted octanol–water partition coefficient (Wildman–Crippen LogP) is 5.09. The van der Waals surface area contributed by atoms with Crippen molar-refractivity contribution < 1.29 is 4.74 Å². The van der Waals surface area contributed by atoms with E-state index in [1.807, 2.05) is 38.1 Å². The molecule has 0 unspecified atom stereocenters. The lowest BCUT2D eigenvalue weighted by molar-refractivity contribution is 0.239. The highest BCUT2D eigenvalue weighted by Crippen LogP contribution is 2.22. The third-order valence-corrected chi connectivity index (χ3v) is 3.78. The molecule has 0 saturated carbocycles. The lowest BCUT2D eigenvalue weighted by Crippen LogP contribution is -2.19. The van der Waals surface area contributed by atoms with Crippen molar-refractivity contribution in [2.75, 3.05) is 0 Å². The van der Waals surface area contributed by atoms with Gasteiger partial charge in [0.05, 0.1) is 6.10 Å². The van der Waals surface area contributed by atoms with Gasteiger partial charge in [-0.2, -0.15) is 0 Å². The number of rotatable bonds is 6. The van der Waals surface area contributed by atoms with Crippen LogP contribution in [0.2, 0.25) is 0 Å². The molecule has 21 heavy (non-hydrogen) atoms. The highest BCUT2D eigenvalue weighted by atomic mass is 79.9. The summed E-state index contributed by atoms with van der Waals surface area (Å²) in [6, 6.07) is 16.9. The second kappa shape index (κ2) is 7.62. The van der Waals surface area contributed by atoms with Crippen LogP contribution in [0.3, 0.4) is 0 Å². The molecule has 2 rings (SSSR count). The molecule has 0 aromatic heterocycles. The van der Waals surface area contributed by atoms with Gasteiger partial charge in [0.15, 0.2) is 0 Å². The van der Waals surface area contributed by atoms with E-state index < -0.39 is 0 Å². The molecule has 0 radical (unpaired) electrons. The van der Waals surface area contributed by atoms with E-state index in [9.17, 15) is 0 Å². The van der Waals surface area contributed by atoms with Crippen LogP contribution in [-0.4, -0.2) is 6.10 Å². The largest absolute Gasteiger partial charge is 0.491 e. The zero-order valence-corrected chi connectivity index (χ0v) is 14.4. The Morgan fingerprint density at radius 1 is 1.05 bits per heavy atom. The first kappa shape index (κ1) is 16.1. The minimum Gasteiger partial charge on any atom is -0.491 e. The Morgan fingerprint density at radius 2 is 1.81 bits per heavy atom. The summed E-state index contributed by atoms with van der Waals surface area (Å²) in [6.45, 7) is 7.06. The first-order valence-corrected chi connectivity index (χ1v) is 8.09. The highest BCUT2D eigenvalue weighted by Gasteiger charge is 2.08. The number of halogens is 1. The van der Waals surface area contributed by atoms with E-state index in [4.69, 9.17) is 4.74 Å². The average molecular weight is 348 g/mol. The van der Waals surface area contributed by atoms with Crippen LogP contribution in [0, 0.1) is 0 Å². The van der Waals surface area contributed by atoms with E-state index in [2.05, 4.69) is 52.4 Å². The molecule has 3 heteroatoms. The number of hydrogen-bond donors (Lipinski definition) is 1. The molecule has 0 spiro atoms. The topological polar surface area (TPSA) is 21.3 Å². The normalized spacial score (nSPS) is 12.4. The van der Waals surface area contributed by atoms with Crippen molar-refractivity contribution >= 4 is 15.9 Å². The fourth-order valence-corrected chi connectivity index (χ4v) is 2.59. The van der Waals surface area contributed by atoms with Crippen LogP contribution in [0.4, 0.5) is 0 Å². The Hall–Kier alpha value is -1.32. The van der Waals surface area contributed by atoms with Crippen molar-refractivity contribution in [1.82, 2.24) is 5.32 Å². The summed E-state index contributed by atoms with van der Waals surface area (Å²) in [5, 5.41) is 3.56. The van der Waals surface area contributed by atoms with Gasteiger partial charge in [-0.05, 0) is 44.5 Å². The first-order valence-electron chi connectivity index (χ1n) is 7.29. The predicted molar refractivity (Wildman–Crippen MR) is 91.6 cm³/mol. The molecule has 0 aliphatic heterocycles. The highest BCUT2D eigenvalue weighted by molar-refractivity contribution is 9.10. The molecule has 0 saturated heterocycles. The molecule has 0 heterocycles. The third-order valence-electron chi connectivity index (χ3n) is 3.28. The van der Waals surface area contributed by atoms with Crippen molar-refractivity contribution in [2.45, 2.75) is 39.5 Å². The van der Waals surface area contributed by atoms with E-state index in [1.165, 1.54) is 11.1 Å². The number of benzene rings is 2. The summed E-state index contributed by atoms with van der Waals surface area (Å²) in [5.74, 6) is 0.960. The van der Waals surface area contributed by atoms with Gasteiger partial charge in [0, 0.05) is 22.6 Å². The van der Waals surface area contributed by atoms with Gasteiger partial charge in [0.2, 0.25) is 0 Å². The number of para-hydroxylation sites is 1. The van der Waals surface area contributed by atoms with Gasteiger partial charge < -0.3 is 10.1 Å². The molecule has 0 aliphatic rings. The quantitative estimate of drug-likeness (QED) is 0.785. The SMILES string of the molecule is CC(C)Oc1ccccc1CN[C@@H](C)c1cccc(Br)c1. The average Bonchev–Trinajstić information content (AvgIpc) is 2.45. The standard InChI is InChI=1S/C18H22BrNO/c1-13(2)21-18-10-5-4-7-16(18)12-20-14(3)15-8-6-9-17(19)11-15/h4-11,13-14,20H,12H2,1-3H3/t14-/m0/s1. The van der Waals surface area contributed by atoms with Crippen LogP contribution in [-0.2, 0) is 6.54 Å². The van der Waals surface area contributed by atoms with Gasteiger partial charge in [-0.3, -0.25) is 0 Å². The van der Waals surface area contributed by atoms with Crippen molar-refractivity contribution in [3.8, 4) is 5.75 Å². The van der Waals surface area contributed by atoms with Crippen molar-refractivity contribution in [1.29, 1.82) is 0 Å². The van der Waals surface area contributed by atoms with Gasteiger partial charge in [-0.15, -0.1) is 0 Å². The fraction of sp³-hybridized carbons (Fsp3) is 0.333. The number of ether oxygens (including phenoxy) is 1. The lowest BCUT2D eigenvalue weighted by Gasteiger charge is -2.18. The maximum atomic E-state index is 5.85. The van der Waals surface area contributed by atoms with Gasteiger partial charge >= 0.3 is 0 Å². The molecule has 2 aromatic rings. The van der Waals surface area contributed by atoms with E-state index in [0.717, 1.165) is 16.8 Å². The van der Waals surface area contributed by atoms with Crippen LogP contribution in [0.15, 0.2) is 53.0 Å². The van der Waals surface area contributed by atoms with E-state index in [-0.39, 0.29) is 12.1 Å². The summed E-state index contributed by atoms with van der Waals surface area (Å²) in [7, 11) is 0. The van der Waals surface area contributed by atoms with Crippen LogP contribution >= 0.6 is 15.9 Å². The summed E-state index contributed by atoms with van der Waals surface area (Å²) in [6.07, 6.45) is 0.189. The van der Waals surface area contributed by atoms with Crippen molar-refractivity contribution in [3.63, 3.8) is 0 Å². The molecule has 2 aromatic carbocycles. The zero-order chi connectivity index (χ0) is 15.2. The second-order valence-corrected chi connectivity index (χ2v) is 6.35. The Labute approximate surface area is 135 Å². The van der Waals surface area contributed by atoms with Crippen LogP contribution in [0.25, 0.3) is 0 Å². The molecule has 1 atom stereocenters. The van der Waals surface area contributed by atoms with Gasteiger partial charge in [0.1, 0.15) is 5.75 Å². The molecular weight excluding hydrogens is 326 g/mol. The molecule has 0 bridgehead atoms. The Balaban J connectivity index is 2.02. The minimum atomic E-state index is 0.189. The Bertz CT molecular complexity index is 583. The van der Waals surface area contributed by atoms with Gasteiger partial charge in [-0.1, -0.05) is 46.3 Å². The van der Waals surface area contributed by atoms with Gasteiger partial charge in [-0.25, -0.2) is 0 Å². The molecule has 112 valence electrons. The summed E-state index contributed by atoms with van der Waals surface area (Å²) >= 11 is 3.52. The van der Waals surface area contributed by atoms with Gasteiger partial charge in [0.25, 0.3) is 0 Å². The van der Waals surface area contributed by atoms with Crippen LogP contribution in [0.5, 0.6) is 5.75 Å². The monoisotopic (exact) mass is 347 g/mol. The number of nitrogens with one attached hydrogen (secondary N) is 1. The summed E-state index contributed by atoms with van der Waals surface area (Å²) < 4.78 is 6.96. The molecule has 0 aliphatic carbocycles. The van der Waals surface area contributed by atoms with Crippen molar-refractivity contribution in [3.05, 3.63) is 64.1 Å². The number of hydrogen-bond acceptors (Lipinski definition) is 2. The Kier molecular flexibility index (Phi) is 5.83. The maximum Gasteiger partial charge on any atom is 0.124 e. The zero-order valence-electron chi connectivity index (χ0n) is 12.8. The fourth-order valence-electron chi connectivity index (χ4n) is 2.18. The molecule has 0 fully saturated rings. The Morgan fingerprint density at radius 3 is 2.52 bits per heavy atom. The summed E-state index contributed by atoms with van der Waals surface area (Å²) in [5.41, 5.74) is 2.46. The van der Waals surface area contributed by atoms with E-state index in [0.29, 0.717) is 0 Å². The first-order chi connectivity index (χ1) is 10.1. The van der Waals surface area contributed by atoms with E-state index in [1.54, 1.807) is 0 Å². The molecule has 2 nitrogen and oxygen atoms in total. The smallest absolute Gasteiger partial charge is 0.124 e. The third kappa shape index (κ3) is 4.87. The maximum absolute atomic E-state index is 5.85. The molecular formula is C18H22BrNO.